The van der Waals surface area contributed by atoms with Crippen molar-refractivity contribution in [1.82, 2.24) is 0 Å². The summed E-state index contributed by atoms with van der Waals surface area (Å²) in [4.78, 5) is 10.3. The molecule has 0 saturated carbocycles. The number of aryl methyl sites for hydroxylation is 1. The van der Waals surface area contributed by atoms with Gasteiger partial charge in [-0.3, -0.25) is 0 Å². The van der Waals surface area contributed by atoms with Crippen LogP contribution < -0.4 is 16.6 Å². The predicted molar refractivity (Wildman–Crippen MR) is 74.7 cm³/mol. The van der Waals surface area contributed by atoms with Crippen LogP contribution in [0.3, 0.4) is 0 Å². The monoisotopic (exact) mass is 242 g/mol. The first-order chi connectivity index (χ1) is 8.69. The molecule has 0 radical (unpaired) electrons. The van der Waals surface area contributed by atoms with Gasteiger partial charge >= 0.3 is 0 Å². The minimum Gasteiger partial charge on any atom is -0.399 e. The van der Waals surface area contributed by atoms with Crippen molar-refractivity contribution in [2.24, 2.45) is 5.18 Å². The molecule has 0 spiro atoms. The van der Waals surface area contributed by atoms with Crippen molar-refractivity contribution >= 4 is 22.7 Å². The van der Waals surface area contributed by atoms with Crippen LogP contribution in [0.25, 0.3) is 0 Å². The van der Waals surface area contributed by atoms with Gasteiger partial charge in [-0.25, -0.2) is 0 Å². The maximum Gasteiger partial charge on any atom is 0.108 e. The molecule has 0 heterocycles. The summed E-state index contributed by atoms with van der Waals surface area (Å²) in [6.45, 7) is 1.95. The van der Waals surface area contributed by atoms with Crippen LogP contribution in [-0.2, 0) is 0 Å². The number of nitrogen functional groups attached to an aromatic ring is 1. The van der Waals surface area contributed by atoms with Crippen LogP contribution in [0.5, 0.6) is 0 Å². The molecular formula is C13H14N4O. The second-order valence-electron chi connectivity index (χ2n) is 3.96. The molecule has 2 aromatic carbocycles. The van der Waals surface area contributed by atoms with Gasteiger partial charge in [0, 0.05) is 5.69 Å². The predicted octanol–water partition coefficient (Wildman–Crippen LogP) is 3.41. The van der Waals surface area contributed by atoms with Gasteiger partial charge < -0.3 is 16.6 Å². The second-order valence-corrected chi connectivity index (χ2v) is 3.96. The van der Waals surface area contributed by atoms with Gasteiger partial charge in [-0.15, -0.1) is 4.91 Å². The number of hydrogen-bond donors (Lipinski definition) is 3. The molecule has 0 amide bonds. The van der Waals surface area contributed by atoms with Crippen LogP contribution in [0.4, 0.5) is 22.7 Å². The Morgan fingerprint density at radius 2 is 1.61 bits per heavy atom. The Bertz CT molecular complexity index is 551. The first kappa shape index (κ1) is 11.9. The number of nitrogens with zero attached hydrogens (tertiary/aromatic N) is 1. The molecule has 4 N–H and O–H groups in total. The Hall–Kier alpha value is -2.56. The maximum absolute atomic E-state index is 10.3. The molecule has 5 nitrogen and oxygen atoms in total. The Morgan fingerprint density at radius 1 is 1.00 bits per heavy atom. The molecule has 0 unspecified atom stereocenters. The normalized spacial score (nSPS) is 9.83. The Balaban J connectivity index is 2.01. The van der Waals surface area contributed by atoms with E-state index in [9.17, 15) is 4.91 Å². The van der Waals surface area contributed by atoms with Gasteiger partial charge in [0.1, 0.15) is 5.69 Å². The number of rotatable bonds is 4. The SMILES string of the molecule is Cc1cc(NNc2ccc(N=O)cc2)ccc1N. The first-order valence-electron chi connectivity index (χ1n) is 5.50. The van der Waals surface area contributed by atoms with E-state index in [0.29, 0.717) is 5.69 Å². The van der Waals surface area contributed by atoms with Gasteiger partial charge in [-0.1, -0.05) is 0 Å². The lowest BCUT2D eigenvalue weighted by atomic mass is 10.2. The van der Waals surface area contributed by atoms with Crippen molar-refractivity contribution in [1.29, 1.82) is 0 Å². The summed E-state index contributed by atoms with van der Waals surface area (Å²) in [5, 5.41) is 2.84. The number of nitrogens with two attached hydrogens (primary N) is 1. The molecule has 0 aliphatic heterocycles. The van der Waals surface area contributed by atoms with Gasteiger partial charge in [-0.05, 0) is 60.1 Å². The van der Waals surface area contributed by atoms with E-state index in [4.69, 9.17) is 5.73 Å². The van der Waals surface area contributed by atoms with Gasteiger partial charge in [0.25, 0.3) is 0 Å². The lowest BCUT2D eigenvalue weighted by molar-refractivity contribution is 1.38. The Labute approximate surface area is 105 Å². The second kappa shape index (κ2) is 5.18. The fourth-order valence-electron chi connectivity index (χ4n) is 1.50. The van der Waals surface area contributed by atoms with Crippen molar-refractivity contribution in [3.63, 3.8) is 0 Å². The van der Waals surface area contributed by atoms with E-state index in [1.54, 1.807) is 24.3 Å². The average molecular weight is 242 g/mol. The molecule has 18 heavy (non-hydrogen) atoms. The van der Waals surface area contributed by atoms with E-state index in [0.717, 1.165) is 22.6 Å². The molecule has 0 saturated heterocycles. The van der Waals surface area contributed by atoms with E-state index < -0.39 is 0 Å². The van der Waals surface area contributed by atoms with Crippen LogP contribution in [0, 0.1) is 11.8 Å². The van der Waals surface area contributed by atoms with E-state index in [2.05, 4.69) is 16.0 Å². The van der Waals surface area contributed by atoms with Gasteiger partial charge in [0.2, 0.25) is 0 Å². The largest absolute Gasteiger partial charge is 0.399 e. The molecule has 0 aromatic heterocycles. The van der Waals surface area contributed by atoms with Crippen molar-refractivity contribution < 1.29 is 0 Å². The summed E-state index contributed by atoms with van der Waals surface area (Å²) in [6.07, 6.45) is 0. The number of hydrazine groups is 1. The molecule has 0 aliphatic carbocycles. The standard InChI is InChI=1S/C13H14N4O/c1-9-8-12(6-7-13(9)14)16-15-10-2-4-11(17-18)5-3-10/h2-8,15-16H,14H2,1H3. The third-order valence-electron chi connectivity index (χ3n) is 2.59. The van der Waals surface area contributed by atoms with Crippen LogP contribution in [0.2, 0.25) is 0 Å². The minimum atomic E-state index is 0.406. The zero-order valence-corrected chi connectivity index (χ0v) is 9.97. The van der Waals surface area contributed by atoms with Gasteiger partial charge in [-0.2, -0.15) is 0 Å². The third-order valence-corrected chi connectivity index (χ3v) is 2.59. The van der Waals surface area contributed by atoms with Crippen LogP contribution in [-0.4, -0.2) is 0 Å². The molecule has 2 rings (SSSR count). The minimum absolute atomic E-state index is 0.406. The van der Waals surface area contributed by atoms with Gasteiger partial charge in [0.05, 0.1) is 11.4 Å². The summed E-state index contributed by atoms with van der Waals surface area (Å²) in [7, 11) is 0. The van der Waals surface area contributed by atoms with Crippen molar-refractivity contribution in [2.75, 3.05) is 16.6 Å². The first-order valence-corrected chi connectivity index (χ1v) is 5.50. The highest BCUT2D eigenvalue weighted by Crippen LogP contribution is 2.18. The average Bonchev–Trinajstić information content (AvgIpc) is 2.41. The highest BCUT2D eigenvalue weighted by atomic mass is 16.3. The maximum atomic E-state index is 10.3. The van der Waals surface area contributed by atoms with Crippen molar-refractivity contribution in [3.8, 4) is 0 Å². The molecule has 0 bridgehead atoms. The molecular weight excluding hydrogens is 228 g/mol. The Morgan fingerprint density at radius 3 is 2.22 bits per heavy atom. The molecule has 2 aromatic rings. The summed E-state index contributed by atoms with van der Waals surface area (Å²) in [5.41, 5.74) is 15.8. The zero-order chi connectivity index (χ0) is 13.0. The highest BCUT2D eigenvalue weighted by Gasteiger charge is 1.97. The molecule has 92 valence electrons. The zero-order valence-electron chi connectivity index (χ0n) is 9.97. The summed E-state index contributed by atoms with van der Waals surface area (Å²) in [6, 6.07) is 12.5. The van der Waals surface area contributed by atoms with Crippen molar-refractivity contribution in [3.05, 3.63) is 52.9 Å². The van der Waals surface area contributed by atoms with E-state index in [-0.39, 0.29) is 0 Å². The molecule has 0 aliphatic rings. The van der Waals surface area contributed by atoms with E-state index in [1.807, 2.05) is 25.1 Å². The molecule has 5 heteroatoms. The van der Waals surface area contributed by atoms with Crippen LogP contribution >= 0.6 is 0 Å². The van der Waals surface area contributed by atoms with E-state index >= 15 is 0 Å². The van der Waals surface area contributed by atoms with Crippen LogP contribution in [0.1, 0.15) is 5.56 Å². The number of nitroso groups, excluding NO2 is 1. The third kappa shape index (κ3) is 2.76. The topological polar surface area (TPSA) is 79.5 Å². The number of benzene rings is 2. The van der Waals surface area contributed by atoms with Gasteiger partial charge in [0.15, 0.2) is 0 Å². The number of hydrogen-bond acceptors (Lipinski definition) is 5. The highest BCUT2D eigenvalue weighted by molar-refractivity contribution is 5.60. The smallest absolute Gasteiger partial charge is 0.108 e. The summed E-state index contributed by atoms with van der Waals surface area (Å²) in [5.74, 6) is 0. The number of anilines is 3. The molecule has 0 fully saturated rings. The fourth-order valence-corrected chi connectivity index (χ4v) is 1.50. The lowest BCUT2D eigenvalue weighted by Gasteiger charge is -2.11. The van der Waals surface area contributed by atoms with Crippen molar-refractivity contribution in [2.45, 2.75) is 6.92 Å². The van der Waals surface area contributed by atoms with E-state index in [1.165, 1.54) is 0 Å². The summed E-state index contributed by atoms with van der Waals surface area (Å²) >= 11 is 0. The number of nitrogens with one attached hydrogen (secondary N) is 2. The fraction of sp³-hybridized carbons (Fsp3) is 0.0769. The molecule has 0 atom stereocenters. The quantitative estimate of drug-likeness (QED) is 0.436. The summed E-state index contributed by atoms with van der Waals surface area (Å²) < 4.78 is 0. The lowest BCUT2D eigenvalue weighted by Crippen LogP contribution is -2.08. The Kier molecular flexibility index (Phi) is 3.43. The van der Waals surface area contributed by atoms with Crippen LogP contribution in [0.15, 0.2) is 47.6 Å².